The topological polar surface area (TPSA) is 71.6 Å². The van der Waals surface area contributed by atoms with Crippen LogP contribution in [0, 0.1) is 5.92 Å². The molecule has 1 unspecified atom stereocenters. The van der Waals surface area contributed by atoms with E-state index >= 15 is 0 Å². The zero-order valence-electron chi connectivity index (χ0n) is 16.7. The SMILES string of the molecule is COc1ccc(OCC2CCCN(C(=O)c3ccc(C(C)C)[nH]c3=O)C2)cc1. The van der Waals surface area contributed by atoms with Crippen molar-refractivity contribution in [1.82, 2.24) is 9.88 Å². The standard InChI is InChI=1S/C22H28N2O4/c1-15(2)20-11-10-19(21(25)23-20)22(26)24-12-4-5-16(13-24)14-28-18-8-6-17(27-3)7-9-18/h6-11,15-16H,4-5,12-14H2,1-3H3,(H,23,25). The number of amides is 1. The predicted molar refractivity (Wildman–Crippen MR) is 108 cm³/mol. The summed E-state index contributed by atoms with van der Waals surface area (Å²) in [6.45, 7) is 5.82. The molecule has 0 radical (unpaired) electrons. The largest absolute Gasteiger partial charge is 0.497 e. The highest BCUT2D eigenvalue weighted by Gasteiger charge is 2.26. The van der Waals surface area contributed by atoms with E-state index in [1.807, 2.05) is 44.2 Å². The smallest absolute Gasteiger partial charge is 0.261 e. The molecule has 1 atom stereocenters. The minimum absolute atomic E-state index is 0.203. The molecule has 2 aromatic rings. The van der Waals surface area contributed by atoms with Gasteiger partial charge in [0.2, 0.25) is 0 Å². The van der Waals surface area contributed by atoms with Crippen molar-refractivity contribution in [1.29, 1.82) is 0 Å². The second kappa shape index (κ2) is 8.95. The van der Waals surface area contributed by atoms with Gasteiger partial charge < -0.3 is 19.4 Å². The lowest BCUT2D eigenvalue weighted by Gasteiger charge is -2.32. The predicted octanol–water partition coefficient (Wildman–Crippen LogP) is 3.44. The summed E-state index contributed by atoms with van der Waals surface area (Å²) in [5.74, 6) is 1.83. The highest BCUT2D eigenvalue weighted by Crippen LogP contribution is 2.22. The van der Waals surface area contributed by atoms with E-state index in [-0.39, 0.29) is 28.9 Å². The molecular formula is C22H28N2O4. The number of piperidine rings is 1. The second-order valence-corrected chi connectivity index (χ2v) is 7.56. The van der Waals surface area contributed by atoms with Gasteiger partial charge in [0.15, 0.2) is 0 Å². The molecule has 0 bridgehead atoms. The Kier molecular flexibility index (Phi) is 6.39. The number of carbonyl (C=O) groups excluding carboxylic acids is 1. The number of carbonyl (C=O) groups is 1. The fourth-order valence-corrected chi connectivity index (χ4v) is 3.44. The quantitative estimate of drug-likeness (QED) is 0.828. The maximum absolute atomic E-state index is 12.8. The molecule has 6 heteroatoms. The minimum Gasteiger partial charge on any atom is -0.497 e. The first-order valence-electron chi connectivity index (χ1n) is 9.77. The van der Waals surface area contributed by atoms with Gasteiger partial charge in [-0.1, -0.05) is 13.8 Å². The van der Waals surface area contributed by atoms with Crippen LogP contribution in [-0.2, 0) is 0 Å². The van der Waals surface area contributed by atoms with E-state index in [2.05, 4.69) is 4.98 Å². The van der Waals surface area contributed by atoms with Crippen LogP contribution in [0.1, 0.15) is 48.7 Å². The average Bonchev–Trinajstić information content (AvgIpc) is 2.72. The molecule has 6 nitrogen and oxygen atoms in total. The van der Waals surface area contributed by atoms with E-state index in [0.29, 0.717) is 19.7 Å². The maximum Gasteiger partial charge on any atom is 0.261 e. The number of H-pyrrole nitrogens is 1. The number of aromatic nitrogens is 1. The molecule has 1 amide bonds. The number of rotatable bonds is 6. The van der Waals surface area contributed by atoms with Crippen molar-refractivity contribution in [3.8, 4) is 11.5 Å². The molecule has 0 aliphatic carbocycles. The summed E-state index contributed by atoms with van der Waals surface area (Å²) in [7, 11) is 1.63. The summed E-state index contributed by atoms with van der Waals surface area (Å²) in [5, 5.41) is 0. The van der Waals surface area contributed by atoms with Gasteiger partial charge in [0.25, 0.3) is 11.5 Å². The van der Waals surface area contributed by atoms with Gasteiger partial charge in [0.1, 0.15) is 17.1 Å². The number of ether oxygens (including phenoxy) is 2. The normalized spacial score (nSPS) is 16.9. The number of aromatic amines is 1. The fraction of sp³-hybridized carbons (Fsp3) is 0.455. The van der Waals surface area contributed by atoms with E-state index in [0.717, 1.165) is 30.0 Å². The first kappa shape index (κ1) is 20.0. The Balaban J connectivity index is 1.60. The molecule has 1 N–H and O–H groups in total. The Morgan fingerprint density at radius 3 is 2.54 bits per heavy atom. The lowest BCUT2D eigenvalue weighted by atomic mass is 9.98. The zero-order valence-corrected chi connectivity index (χ0v) is 16.7. The van der Waals surface area contributed by atoms with E-state index in [1.54, 1.807) is 18.1 Å². The molecule has 1 aliphatic rings. The van der Waals surface area contributed by atoms with Crippen LogP contribution in [0.2, 0.25) is 0 Å². The van der Waals surface area contributed by atoms with Crippen molar-refractivity contribution in [2.24, 2.45) is 5.92 Å². The highest BCUT2D eigenvalue weighted by atomic mass is 16.5. The van der Waals surface area contributed by atoms with Crippen LogP contribution in [0.15, 0.2) is 41.2 Å². The molecule has 1 aromatic carbocycles. The lowest BCUT2D eigenvalue weighted by molar-refractivity contribution is 0.0631. The summed E-state index contributed by atoms with van der Waals surface area (Å²) in [6, 6.07) is 10.9. The minimum atomic E-state index is -0.312. The molecule has 1 fully saturated rings. The molecular weight excluding hydrogens is 356 g/mol. The molecule has 150 valence electrons. The Morgan fingerprint density at radius 2 is 1.89 bits per heavy atom. The number of pyridine rings is 1. The molecule has 2 heterocycles. The summed E-state index contributed by atoms with van der Waals surface area (Å²) in [4.78, 5) is 29.8. The van der Waals surface area contributed by atoms with Crippen molar-refractivity contribution < 1.29 is 14.3 Å². The van der Waals surface area contributed by atoms with Crippen molar-refractivity contribution in [2.75, 3.05) is 26.8 Å². The van der Waals surface area contributed by atoms with Crippen LogP contribution in [0.5, 0.6) is 11.5 Å². The van der Waals surface area contributed by atoms with E-state index in [4.69, 9.17) is 9.47 Å². The molecule has 3 rings (SSSR count). The van der Waals surface area contributed by atoms with Gasteiger partial charge in [-0.15, -0.1) is 0 Å². The van der Waals surface area contributed by atoms with Crippen molar-refractivity contribution in [3.05, 3.63) is 58.0 Å². The van der Waals surface area contributed by atoms with E-state index in [1.165, 1.54) is 0 Å². The van der Waals surface area contributed by atoms with Gasteiger partial charge in [0.05, 0.1) is 13.7 Å². The Bertz CT molecular complexity index is 858. The zero-order chi connectivity index (χ0) is 20.1. The molecule has 1 saturated heterocycles. The Labute approximate surface area is 165 Å². The van der Waals surface area contributed by atoms with E-state index in [9.17, 15) is 9.59 Å². The Hall–Kier alpha value is -2.76. The maximum atomic E-state index is 12.8. The van der Waals surface area contributed by atoms with Gasteiger partial charge in [-0.25, -0.2) is 0 Å². The van der Waals surface area contributed by atoms with Crippen molar-refractivity contribution >= 4 is 5.91 Å². The highest BCUT2D eigenvalue weighted by molar-refractivity contribution is 5.93. The summed E-state index contributed by atoms with van der Waals surface area (Å²) < 4.78 is 11.0. The first-order chi connectivity index (χ1) is 13.5. The van der Waals surface area contributed by atoms with Crippen LogP contribution in [-0.4, -0.2) is 42.6 Å². The number of hydrogen-bond donors (Lipinski definition) is 1. The molecule has 0 spiro atoms. The number of hydrogen-bond acceptors (Lipinski definition) is 4. The van der Waals surface area contributed by atoms with Crippen LogP contribution < -0.4 is 15.0 Å². The number of nitrogens with one attached hydrogen (secondary N) is 1. The first-order valence-corrected chi connectivity index (χ1v) is 9.77. The molecule has 1 aromatic heterocycles. The van der Waals surface area contributed by atoms with Crippen molar-refractivity contribution in [3.63, 3.8) is 0 Å². The molecule has 0 saturated carbocycles. The molecule has 28 heavy (non-hydrogen) atoms. The fourth-order valence-electron chi connectivity index (χ4n) is 3.44. The van der Waals surface area contributed by atoms with E-state index < -0.39 is 0 Å². The summed E-state index contributed by atoms with van der Waals surface area (Å²) in [6.07, 6.45) is 1.91. The monoisotopic (exact) mass is 384 g/mol. The van der Waals surface area contributed by atoms with Crippen LogP contribution >= 0.6 is 0 Å². The van der Waals surface area contributed by atoms with Crippen molar-refractivity contribution in [2.45, 2.75) is 32.6 Å². The summed E-state index contributed by atoms with van der Waals surface area (Å²) in [5.41, 5.74) is 0.736. The van der Waals surface area contributed by atoms with Gasteiger partial charge in [-0.05, 0) is 55.2 Å². The second-order valence-electron chi connectivity index (χ2n) is 7.56. The van der Waals surface area contributed by atoms with Crippen LogP contribution in [0.3, 0.4) is 0 Å². The molecule has 1 aliphatic heterocycles. The van der Waals surface area contributed by atoms with Crippen LogP contribution in [0.4, 0.5) is 0 Å². The third-order valence-electron chi connectivity index (χ3n) is 5.14. The average molecular weight is 384 g/mol. The van der Waals surface area contributed by atoms with Gasteiger partial charge in [-0.2, -0.15) is 0 Å². The third-order valence-corrected chi connectivity index (χ3v) is 5.14. The van der Waals surface area contributed by atoms with Gasteiger partial charge >= 0.3 is 0 Å². The Morgan fingerprint density at radius 1 is 1.18 bits per heavy atom. The van der Waals surface area contributed by atoms with Crippen LogP contribution in [0.25, 0.3) is 0 Å². The number of nitrogens with zero attached hydrogens (tertiary/aromatic N) is 1. The van der Waals surface area contributed by atoms with Gasteiger partial charge in [-0.3, -0.25) is 9.59 Å². The number of likely N-dealkylation sites (tertiary alicyclic amines) is 1. The number of methoxy groups -OCH3 is 1. The van der Waals surface area contributed by atoms with Gasteiger partial charge in [0, 0.05) is 24.7 Å². The lowest BCUT2D eigenvalue weighted by Crippen LogP contribution is -2.43. The number of benzene rings is 1. The summed E-state index contributed by atoms with van der Waals surface area (Å²) >= 11 is 0. The third kappa shape index (κ3) is 4.74.